The van der Waals surface area contributed by atoms with Gasteiger partial charge in [0.25, 0.3) is 0 Å². The maximum atomic E-state index is 11.2. The van der Waals surface area contributed by atoms with Gasteiger partial charge in [-0.3, -0.25) is 9.69 Å². The molecule has 1 aromatic rings. The van der Waals surface area contributed by atoms with Crippen LogP contribution in [0.1, 0.15) is 42.9 Å². The van der Waals surface area contributed by atoms with E-state index in [1.165, 1.54) is 30.4 Å². The number of hydrogen-bond acceptors (Lipinski definition) is 3. The van der Waals surface area contributed by atoms with Crippen LogP contribution in [-0.4, -0.2) is 40.1 Å². The molecule has 1 aliphatic heterocycles. The number of thioether (sulfide) groups is 1. The second-order valence-electron chi connectivity index (χ2n) is 6.02. The van der Waals surface area contributed by atoms with Crippen LogP contribution in [-0.2, 0) is 11.2 Å². The van der Waals surface area contributed by atoms with Crippen LogP contribution in [0, 0.1) is 0 Å². The van der Waals surface area contributed by atoms with E-state index in [0.29, 0.717) is 6.04 Å². The van der Waals surface area contributed by atoms with E-state index >= 15 is 0 Å². The van der Waals surface area contributed by atoms with Crippen molar-refractivity contribution in [3.8, 4) is 0 Å². The number of nitrogens with zero attached hydrogens (tertiary/aromatic N) is 1. The summed E-state index contributed by atoms with van der Waals surface area (Å²) >= 11 is 1.89. The third-order valence-electron chi connectivity index (χ3n) is 4.67. The van der Waals surface area contributed by atoms with Gasteiger partial charge in [0.1, 0.15) is 0 Å². The minimum atomic E-state index is -0.672. The summed E-state index contributed by atoms with van der Waals surface area (Å²) < 4.78 is 0. The normalized spacial score (nSPS) is 26.9. The van der Waals surface area contributed by atoms with Gasteiger partial charge in [0, 0.05) is 30.1 Å². The Kier molecular flexibility index (Phi) is 4.86. The van der Waals surface area contributed by atoms with E-state index in [1.54, 1.807) is 0 Å². The van der Waals surface area contributed by atoms with E-state index < -0.39 is 5.97 Å². The highest BCUT2D eigenvalue weighted by atomic mass is 32.2. The Balaban J connectivity index is 1.88. The molecule has 1 saturated heterocycles. The average Bonchev–Trinajstić information content (AvgIpc) is 2.70. The van der Waals surface area contributed by atoms with Crippen LogP contribution in [0.5, 0.6) is 0 Å². The second kappa shape index (κ2) is 6.84. The molecule has 2 unspecified atom stereocenters. The largest absolute Gasteiger partial charge is 0.481 e. The quantitative estimate of drug-likeness (QED) is 0.870. The highest BCUT2D eigenvalue weighted by Crippen LogP contribution is 2.37. The molecule has 114 valence electrons. The molecule has 0 spiro atoms. The van der Waals surface area contributed by atoms with E-state index in [9.17, 15) is 9.90 Å². The molecule has 0 radical (unpaired) electrons. The highest BCUT2D eigenvalue weighted by molar-refractivity contribution is 7.99. The highest BCUT2D eigenvalue weighted by Gasteiger charge is 2.32. The molecular formula is C17H23NO2S. The molecule has 1 aliphatic carbocycles. The maximum Gasteiger partial charge on any atom is 0.304 e. The summed E-state index contributed by atoms with van der Waals surface area (Å²) in [5.41, 5.74) is 2.91. The monoisotopic (exact) mass is 305 g/mol. The topological polar surface area (TPSA) is 40.5 Å². The van der Waals surface area contributed by atoms with E-state index in [2.05, 4.69) is 29.2 Å². The van der Waals surface area contributed by atoms with Crippen molar-refractivity contribution < 1.29 is 9.90 Å². The molecule has 3 nitrogen and oxygen atoms in total. The minimum absolute atomic E-state index is 0.178. The van der Waals surface area contributed by atoms with Crippen molar-refractivity contribution >= 4 is 17.7 Å². The molecule has 3 rings (SSSR count). The van der Waals surface area contributed by atoms with Crippen molar-refractivity contribution in [3.05, 3.63) is 35.4 Å². The number of hydrogen-bond donors (Lipinski definition) is 1. The SMILES string of the molecule is O=C(O)CC1CSCCN1C1CCCCc2ccccc21. The Labute approximate surface area is 130 Å². The van der Waals surface area contributed by atoms with Crippen LogP contribution in [0.4, 0.5) is 0 Å². The molecule has 1 heterocycles. The first kappa shape index (κ1) is 14.9. The summed E-state index contributed by atoms with van der Waals surface area (Å²) in [6.07, 6.45) is 5.09. The molecule has 1 aromatic carbocycles. The first-order valence-electron chi connectivity index (χ1n) is 7.89. The fourth-order valence-electron chi connectivity index (χ4n) is 3.70. The van der Waals surface area contributed by atoms with Gasteiger partial charge in [-0.2, -0.15) is 11.8 Å². The molecular weight excluding hydrogens is 282 g/mol. The van der Waals surface area contributed by atoms with Crippen molar-refractivity contribution in [2.45, 2.75) is 44.2 Å². The van der Waals surface area contributed by atoms with Crippen molar-refractivity contribution in [3.63, 3.8) is 0 Å². The average molecular weight is 305 g/mol. The number of rotatable bonds is 3. The lowest BCUT2D eigenvalue weighted by Crippen LogP contribution is -2.45. The Morgan fingerprint density at radius 3 is 3.05 bits per heavy atom. The zero-order valence-corrected chi connectivity index (χ0v) is 13.1. The number of carboxylic acids is 1. The van der Waals surface area contributed by atoms with E-state index in [-0.39, 0.29) is 12.5 Å². The molecule has 1 N–H and O–H groups in total. The number of benzene rings is 1. The number of aliphatic carboxylic acids is 1. The standard InChI is InChI=1S/C17H23NO2S/c19-17(20)11-14-12-21-10-9-18(14)16-8-4-2-6-13-5-1-3-7-15(13)16/h1,3,5,7,14,16H,2,4,6,8-12H2,(H,19,20). The van der Waals surface area contributed by atoms with Gasteiger partial charge in [-0.1, -0.05) is 30.7 Å². The number of fused-ring (bicyclic) bond motifs is 1. The molecule has 0 saturated carbocycles. The minimum Gasteiger partial charge on any atom is -0.481 e. The van der Waals surface area contributed by atoms with Crippen molar-refractivity contribution in [1.82, 2.24) is 4.90 Å². The van der Waals surface area contributed by atoms with Gasteiger partial charge >= 0.3 is 5.97 Å². The van der Waals surface area contributed by atoms with Gasteiger partial charge in [0.2, 0.25) is 0 Å². The maximum absolute atomic E-state index is 11.2. The molecule has 2 atom stereocenters. The lowest BCUT2D eigenvalue weighted by atomic mass is 9.96. The molecule has 0 bridgehead atoms. The molecule has 0 amide bonds. The Bertz CT molecular complexity index is 505. The molecule has 1 fully saturated rings. The fraction of sp³-hybridized carbons (Fsp3) is 0.588. The van der Waals surface area contributed by atoms with Gasteiger partial charge in [-0.05, 0) is 30.4 Å². The summed E-state index contributed by atoms with van der Waals surface area (Å²) in [7, 11) is 0. The lowest BCUT2D eigenvalue weighted by Gasteiger charge is -2.41. The zero-order chi connectivity index (χ0) is 14.7. The predicted molar refractivity (Wildman–Crippen MR) is 86.8 cm³/mol. The zero-order valence-electron chi connectivity index (χ0n) is 12.3. The predicted octanol–water partition coefficient (Wildman–Crippen LogP) is 3.35. The molecule has 4 heteroatoms. The summed E-state index contributed by atoms with van der Waals surface area (Å²) in [4.78, 5) is 13.7. The summed E-state index contributed by atoms with van der Waals surface area (Å²) in [5.74, 6) is 1.40. The number of carboxylic acid groups (broad SMARTS) is 1. The smallest absolute Gasteiger partial charge is 0.304 e. The van der Waals surface area contributed by atoms with Gasteiger partial charge < -0.3 is 5.11 Å². The summed E-state index contributed by atoms with van der Waals surface area (Å²) in [5, 5.41) is 9.20. The second-order valence-corrected chi connectivity index (χ2v) is 7.17. The van der Waals surface area contributed by atoms with Gasteiger partial charge in [0.05, 0.1) is 6.42 Å². The van der Waals surface area contributed by atoms with Crippen LogP contribution >= 0.6 is 11.8 Å². The number of aryl methyl sites for hydroxylation is 1. The molecule has 21 heavy (non-hydrogen) atoms. The van der Waals surface area contributed by atoms with Crippen LogP contribution in [0.3, 0.4) is 0 Å². The Hall–Kier alpha value is -1.00. The van der Waals surface area contributed by atoms with Crippen LogP contribution < -0.4 is 0 Å². The first-order chi connectivity index (χ1) is 10.3. The van der Waals surface area contributed by atoms with E-state index in [1.807, 2.05) is 11.8 Å². The fourth-order valence-corrected chi connectivity index (χ4v) is 4.78. The lowest BCUT2D eigenvalue weighted by molar-refractivity contribution is -0.138. The first-order valence-corrected chi connectivity index (χ1v) is 9.04. The summed E-state index contributed by atoms with van der Waals surface area (Å²) in [6.45, 7) is 1.02. The van der Waals surface area contributed by atoms with Gasteiger partial charge in [-0.25, -0.2) is 0 Å². The van der Waals surface area contributed by atoms with Crippen LogP contribution in [0.15, 0.2) is 24.3 Å². The Morgan fingerprint density at radius 1 is 1.33 bits per heavy atom. The molecule has 0 aromatic heterocycles. The third kappa shape index (κ3) is 3.43. The van der Waals surface area contributed by atoms with Crippen molar-refractivity contribution in [1.29, 1.82) is 0 Å². The van der Waals surface area contributed by atoms with E-state index in [0.717, 1.165) is 24.5 Å². The van der Waals surface area contributed by atoms with Crippen LogP contribution in [0.25, 0.3) is 0 Å². The summed E-state index contributed by atoms with van der Waals surface area (Å²) in [6, 6.07) is 9.35. The molecule has 2 aliphatic rings. The Morgan fingerprint density at radius 2 is 2.19 bits per heavy atom. The van der Waals surface area contributed by atoms with E-state index in [4.69, 9.17) is 0 Å². The number of carbonyl (C=O) groups is 1. The van der Waals surface area contributed by atoms with Crippen molar-refractivity contribution in [2.24, 2.45) is 0 Å². The van der Waals surface area contributed by atoms with Gasteiger partial charge in [0.15, 0.2) is 0 Å². The van der Waals surface area contributed by atoms with Crippen LogP contribution in [0.2, 0.25) is 0 Å². The van der Waals surface area contributed by atoms with Gasteiger partial charge in [-0.15, -0.1) is 0 Å². The van der Waals surface area contributed by atoms with Crippen molar-refractivity contribution in [2.75, 3.05) is 18.1 Å². The third-order valence-corrected chi connectivity index (χ3v) is 5.76.